The minimum Gasteiger partial charge on any atom is -0.488 e. The number of carbonyl (C=O) groups is 1. The van der Waals surface area contributed by atoms with Gasteiger partial charge < -0.3 is 10.1 Å². The van der Waals surface area contributed by atoms with Crippen LogP contribution in [0.15, 0.2) is 71.8 Å². The second kappa shape index (κ2) is 12.8. The normalized spacial score (nSPS) is 17.1. The second-order valence-electron chi connectivity index (χ2n) is 12.6. The van der Waals surface area contributed by atoms with Crippen molar-refractivity contribution in [3.8, 4) is 5.75 Å². The molecule has 3 aromatic carbocycles. The van der Waals surface area contributed by atoms with Gasteiger partial charge in [0.1, 0.15) is 27.1 Å². The van der Waals surface area contributed by atoms with Gasteiger partial charge in [0.15, 0.2) is 0 Å². The van der Waals surface area contributed by atoms with Crippen molar-refractivity contribution < 1.29 is 17.9 Å². The molecule has 12 heteroatoms. The van der Waals surface area contributed by atoms with Gasteiger partial charge >= 0.3 is 0 Å². The third kappa shape index (κ3) is 6.17. The fourth-order valence-electron chi connectivity index (χ4n) is 6.51. The molecule has 2 aromatic heterocycles. The molecule has 6 rings (SSSR count). The molecule has 0 fully saturated rings. The molecule has 0 saturated heterocycles. The van der Waals surface area contributed by atoms with Crippen LogP contribution in [0.25, 0.3) is 11.0 Å². The number of benzene rings is 3. The van der Waals surface area contributed by atoms with E-state index in [9.17, 15) is 13.2 Å². The van der Waals surface area contributed by atoms with Crippen LogP contribution in [0.5, 0.6) is 5.75 Å². The number of carbonyl (C=O) groups excluding carboxylic acids is 1. The highest BCUT2D eigenvalue weighted by molar-refractivity contribution is 7.89. The van der Waals surface area contributed by atoms with Gasteiger partial charge in [-0.3, -0.25) is 4.79 Å². The Hall–Kier alpha value is -4.13. The summed E-state index contributed by atoms with van der Waals surface area (Å²) in [5, 5.41) is 12.1. The van der Waals surface area contributed by atoms with Crippen molar-refractivity contribution in [2.45, 2.75) is 83.5 Å². The highest BCUT2D eigenvalue weighted by atomic mass is 32.2. The maximum atomic E-state index is 14.0. The fraction of sp³-hybridized carbons (Fsp3) is 0.371. The Morgan fingerprint density at radius 2 is 1.89 bits per heavy atom. The lowest BCUT2D eigenvalue weighted by Crippen LogP contribution is -2.48. The van der Waals surface area contributed by atoms with E-state index in [1.54, 1.807) is 36.5 Å². The molecule has 1 aliphatic heterocycles. The quantitative estimate of drug-likeness (QED) is 0.197. The van der Waals surface area contributed by atoms with Crippen molar-refractivity contribution in [2.75, 3.05) is 6.54 Å². The molecule has 2 atom stereocenters. The number of hydrogen-bond donors (Lipinski definition) is 1. The van der Waals surface area contributed by atoms with Crippen LogP contribution >= 0.6 is 11.5 Å². The monoisotopic (exact) mass is 672 g/mol. The zero-order valence-corrected chi connectivity index (χ0v) is 29.2. The predicted octanol–water partition coefficient (Wildman–Crippen LogP) is 6.23. The van der Waals surface area contributed by atoms with E-state index >= 15 is 0 Å². The number of ether oxygens (including phenoxy) is 1. The van der Waals surface area contributed by atoms with Gasteiger partial charge in [-0.1, -0.05) is 48.5 Å². The first-order valence-electron chi connectivity index (χ1n) is 15.9. The van der Waals surface area contributed by atoms with Crippen LogP contribution in [0.2, 0.25) is 0 Å². The van der Waals surface area contributed by atoms with Gasteiger partial charge in [0.2, 0.25) is 10.0 Å². The highest BCUT2D eigenvalue weighted by Gasteiger charge is 2.38. The lowest BCUT2D eigenvalue weighted by molar-refractivity contribution is 0.0910. The highest BCUT2D eigenvalue weighted by Crippen LogP contribution is 2.40. The number of nitrogens with one attached hydrogen (secondary N) is 1. The molecule has 0 radical (unpaired) electrons. The number of rotatable bonds is 9. The molecule has 246 valence electrons. The Labute approximate surface area is 280 Å². The van der Waals surface area contributed by atoms with Crippen molar-refractivity contribution in [1.29, 1.82) is 0 Å². The Morgan fingerprint density at radius 3 is 2.62 bits per heavy atom. The van der Waals surface area contributed by atoms with Crippen molar-refractivity contribution in [2.24, 2.45) is 0 Å². The van der Waals surface area contributed by atoms with Gasteiger partial charge in [-0.15, -0.1) is 5.10 Å². The maximum absolute atomic E-state index is 14.0. The van der Waals surface area contributed by atoms with Crippen LogP contribution in [0.4, 0.5) is 0 Å². The molecule has 3 heterocycles. The number of nitrogens with zero attached hydrogens (tertiary/aromatic N) is 5. The first-order chi connectivity index (χ1) is 22.4. The van der Waals surface area contributed by atoms with Crippen molar-refractivity contribution in [1.82, 2.24) is 29.0 Å². The average molecular weight is 673 g/mol. The summed E-state index contributed by atoms with van der Waals surface area (Å²) in [7, 11) is -3.83. The first-order valence-corrected chi connectivity index (χ1v) is 18.1. The van der Waals surface area contributed by atoms with E-state index in [1.807, 2.05) is 58.4 Å². The summed E-state index contributed by atoms with van der Waals surface area (Å²) >= 11 is 1.15. The van der Waals surface area contributed by atoms with E-state index in [0.29, 0.717) is 23.6 Å². The summed E-state index contributed by atoms with van der Waals surface area (Å²) in [5.74, 6) is -0.134. The zero-order valence-electron chi connectivity index (χ0n) is 27.5. The molecule has 0 saturated carbocycles. The summed E-state index contributed by atoms with van der Waals surface area (Å²) in [6.45, 7) is 13.2. The lowest BCUT2D eigenvalue weighted by Gasteiger charge is -2.37. The summed E-state index contributed by atoms with van der Waals surface area (Å²) in [6, 6.07) is 18.9. The average Bonchev–Trinajstić information content (AvgIpc) is 3.72. The van der Waals surface area contributed by atoms with Crippen molar-refractivity contribution in [3.63, 3.8) is 0 Å². The molecule has 0 aliphatic carbocycles. The molecule has 1 unspecified atom stereocenters. The van der Waals surface area contributed by atoms with Crippen molar-refractivity contribution >= 4 is 38.5 Å². The molecule has 5 aromatic rings. The third-order valence-electron chi connectivity index (χ3n) is 9.09. The fourth-order valence-corrected chi connectivity index (χ4v) is 8.57. The Balaban J connectivity index is 1.45. The topological polar surface area (TPSA) is 119 Å². The number of fused-ring (bicyclic) bond motifs is 2. The zero-order chi connectivity index (χ0) is 33.5. The Kier molecular flexibility index (Phi) is 8.94. The maximum Gasteiger partial charge on any atom is 0.263 e. The first kappa shape index (κ1) is 32.8. The lowest BCUT2D eigenvalue weighted by atomic mass is 9.74. The van der Waals surface area contributed by atoms with Gasteiger partial charge in [-0.2, -0.15) is 4.31 Å². The molecular weight excluding hydrogens is 633 g/mol. The largest absolute Gasteiger partial charge is 0.488 e. The number of amides is 1. The molecule has 1 aliphatic rings. The SMILES string of the molecule is CC[C@@H]1CN(Cc2cc(C(c3ccc4c(nnn4CC)c3C)C(C)(C)NC(=O)c3ccns3)ccc2C)S(=O)(=O)c2ccccc2O1. The Bertz CT molecular complexity index is 2040. The van der Waals surface area contributed by atoms with Crippen LogP contribution in [0.1, 0.15) is 77.5 Å². The molecule has 1 amide bonds. The summed E-state index contributed by atoms with van der Waals surface area (Å²) < 4.78 is 41.7. The smallest absolute Gasteiger partial charge is 0.263 e. The third-order valence-corrected chi connectivity index (χ3v) is 11.7. The van der Waals surface area contributed by atoms with E-state index in [1.165, 1.54) is 4.31 Å². The van der Waals surface area contributed by atoms with E-state index in [-0.39, 0.29) is 35.9 Å². The minimum absolute atomic E-state index is 0.179. The van der Waals surface area contributed by atoms with Gasteiger partial charge in [0.25, 0.3) is 5.91 Å². The minimum atomic E-state index is -3.83. The molecule has 1 N–H and O–H groups in total. The van der Waals surface area contributed by atoms with Crippen LogP contribution in [-0.4, -0.2) is 56.2 Å². The molecular formula is C35H40N6O4S2. The summed E-state index contributed by atoms with van der Waals surface area (Å²) in [4.78, 5) is 14.1. The number of aromatic nitrogens is 4. The summed E-state index contributed by atoms with van der Waals surface area (Å²) in [5.41, 5.74) is 5.76. The summed E-state index contributed by atoms with van der Waals surface area (Å²) in [6.07, 6.45) is 2.01. The predicted molar refractivity (Wildman–Crippen MR) is 183 cm³/mol. The van der Waals surface area contributed by atoms with Crippen LogP contribution in [0, 0.1) is 13.8 Å². The van der Waals surface area contributed by atoms with Crippen molar-refractivity contribution in [3.05, 3.63) is 99.6 Å². The van der Waals surface area contributed by atoms with Gasteiger partial charge in [-0.25, -0.2) is 17.5 Å². The Morgan fingerprint density at radius 1 is 1.11 bits per heavy atom. The van der Waals surface area contributed by atoms with Gasteiger partial charge in [0.05, 0.1) is 12.1 Å². The molecule has 47 heavy (non-hydrogen) atoms. The standard InChI is InChI=1S/C35H40N6O4S2/c1-7-26-21-40(47(43,44)31-12-10-9-11-29(31)45-26)20-25-19-24(14-13-22(25)3)32(35(5,6)37-34(42)30-17-18-36-46-30)27-15-16-28-33(23(27)4)38-39-41(28)8-2/h9-19,26,32H,7-8,20-21H2,1-6H3,(H,37,42)/t26-,32?/m1/s1. The number of hydrogen-bond acceptors (Lipinski definition) is 8. The molecule has 0 spiro atoms. The van der Waals surface area contributed by atoms with E-state index in [0.717, 1.165) is 50.4 Å². The van der Waals surface area contributed by atoms with Crippen LogP contribution < -0.4 is 10.1 Å². The second-order valence-corrected chi connectivity index (χ2v) is 15.4. The number of sulfonamides is 1. The van der Waals surface area contributed by atoms with E-state index < -0.39 is 15.6 Å². The molecule has 10 nitrogen and oxygen atoms in total. The van der Waals surface area contributed by atoms with Crippen LogP contribution in [-0.2, 0) is 23.1 Å². The van der Waals surface area contributed by atoms with E-state index in [2.05, 4.69) is 38.2 Å². The number of para-hydroxylation sites is 1. The van der Waals surface area contributed by atoms with Gasteiger partial charge in [0, 0.05) is 30.7 Å². The van der Waals surface area contributed by atoms with Gasteiger partial charge in [-0.05, 0) is 105 Å². The van der Waals surface area contributed by atoms with E-state index in [4.69, 9.17) is 4.74 Å². The molecule has 0 bridgehead atoms. The number of aryl methyl sites for hydroxylation is 3. The van der Waals surface area contributed by atoms with Crippen LogP contribution in [0.3, 0.4) is 0 Å².